The first kappa shape index (κ1) is 13.8. The molecule has 0 bridgehead atoms. The standard InChI is InChI=1S/C12H24N2OS/c1-12(2,3)10(13)11(15)14-8-9-6-4-5-7-16-9/h9-10H,4-8,13H2,1-3H3,(H,14,15)/t9?,10-/m1/s1. The zero-order valence-electron chi connectivity index (χ0n) is 10.6. The maximum absolute atomic E-state index is 11.8. The van der Waals surface area contributed by atoms with E-state index in [0.29, 0.717) is 5.25 Å². The number of rotatable bonds is 3. The van der Waals surface area contributed by atoms with Gasteiger partial charge in [0.15, 0.2) is 0 Å². The van der Waals surface area contributed by atoms with Gasteiger partial charge < -0.3 is 11.1 Å². The molecule has 0 radical (unpaired) electrons. The Morgan fingerprint density at radius 3 is 2.69 bits per heavy atom. The second kappa shape index (κ2) is 5.92. The molecule has 16 heavy (non-hydrogen) atoms. The Bertz CT molecular complexity index is 232. The van der Waals surface area contributed by atoms with Gasteiger partial charge in [-0.15, -0.1) is 0 Å². The van der Waals surface area contributed by atoms with E-state index in [1.807, 2.05) is 32.5 Å². The number of carbonyl (C=O) groups excluding carboxylic acids is 1. The van der Waals surface area contributed by atoms with Gasteiger partial charge in [0.25, 0.3) is 0 Å². The number of thioether (sulfide) groups is 1. The van der Waals surface area contributed by atoms with Crippen LogP contribution in [-0.2, 0) is 4.79 Å². The first-order valence-corrected chi connectivity index (χ1v) is 7.11. The number of nitrogens with one attached hydrogen (secondary N) is 1. The van der Waals surface area contributed by atoms with Crippen LogP contribution in [-0.4, -0.2) is 29.5 Å². The lowest BCUT2D eigenvalue weighted by molar-refractivity contribution is -0.124. The highest BCUT2D eigenvalue weighted by molar-refractivity contribution is 7.99. The molecule has 0 aliphatic carbocycles. The average Bonchev–Trinajstić information content (AvgIpc) is 2.25. The fourth-order valence-corrected chi connectivity index (χ4v) is 2.92. The second-order valence-electron chi connectivity index (χ2n) is 5.58. The van der Waals surface area contributed by atoms with Gasteiger partial charge in [0.1, 0.15) is 0 Å². The fourth-order valence-electron chi connectivity index (χ4n) is 1.69. The van der Waals surface area contributed by atoms with Crippen molar-refractivity contribution >= 4 is 17.7 Å². The van der Waals surface area contributed by atoms with E-state index in [4.69, 9.17) is 5.73 Å². The molecule has 3 nitrogen and oxygen atoms in total. The second-order valence-corrected chi connectivity index (χ2v) is 6.99. The number of nitrogens with two attached hydrogens (primary N) is 1. The van der Waals surface area contributed by atoms with Crippen LogP contribution in [0.25, 0.3) is 0 Å². The van der Waals surface area contributed by atoms with Crippen LogP contribution >= 0.6 is 11.8 Å². The summed E-state index contributed by atoms with van der Waals surface area (Å²) < 4.78 is 0. The van der Waals surface area contributed by atoms with Crippen molar-refractivity contribution in [2.24, 2.45) is 11.1 Å². The van der Waals surface area contributed by atoms with E-state index in [1.165, 1.54) is 25.0 Å². The van der Waals surface area contributed by atoms with E-state index < -0.39 is 6.04 Å². The Labute approximate surface area is 103 Å². The van der Waals surface area contributed by atoms with Gasteiger partial charge in [0, 0.05) is 11.8 Å². The highest BCUT2D eigenvalue weighted by Crippen LogP contribution is 2.24. The molecule has 0 spiro atoms. The van der Waals surface area contributed by atoms with Crippen molar-refractivity contribution in [3.63, 3.8) is 0 Å². The monoisotopic (exact) mass is 244 g/mol. The van der Waals surface area contributed by atoms with E-state index in [0.717, 1.165) is 6.54 Å². The number of carbonyl (C=O) groups is 1. The number of hydrogen-bond donors (Lipinski definition) is 2. The minimum atomic E-state index is -0.416. The molecule has 1 rings (SSSR count). The summed E-state index contributed by atoms with van der Waals surface area (Å²) in [7, 11) is 0. The maximum Gasteiger partial charge on any atom is 0.237 e. The van der Waals surface area contributed by atoms with Crippen LogP contribution in [0, 0.1) is 5.41 Å². The lowest BCUT2D eigenvalue weighted by Gasteiger charge is -2.27. The summed E-state index contributed by atoms with van der Waals surface area (Å²) in [5, 5.41) is 3.56. The van der Waals surface area contributed by atoms with E-state index in [1.54, 1.807) is 0 Å². The molecule has 1 aliphatic heterocycles. The highest BCUT2D eigenvalue weighted by Gasteiger charge is 2.27. The van der Waals surface area contributed by atoms with E-state index >= 15 is 0 Å². The molecule has 94 valence electrons. The third-order valence-electron chi connectivity index (χ3n) is 2.99. The number of hydrogen-bond acceptors (Lipinski definition) is 3. The SMILES string of the molecule is CC(C)(C)[C@H](N)C(=O)NCC1CCCCS1. The molecule has 0 aromatic rings. The molecule has 1 fully saturated rings. The molecule has 4 heteroatoms. The Morgan fingerprint density at radius 1 is 1.50 bits per heavy atom. The average molecular weight is 244 g/mol. The zero-order valence-corrected chi connectivity index (χ0v) is 11.4. The van der Waals surface area contributed by atoms with Crippen LogP contribution in [0.4, 0.5) is 0 Å². The first-order valence-electron chi connectivity index (χ1n) is 6.06. The highest BCUT2D eigenvalue weighted by atomic mass is 32.2. The summed E-state index contributed by atoms with van der Waals surface area (Å²) in [4.78, 5) is 11.8. The van der Waals surface area contributed by atoms with E-state index in [9.17, 15) is 4.79 Å². The largest absolute Gasteiger partial charge is 0.354 e. The number of amides is 1. The van der Waals surface area contributed by atoms with Crippen LogP contribution in [0.1, 0.15) is 40.0 Å². The zero-order chi connectivity index (χ0) is 12.2. The molecule has 1 unspecified atom stereocenters. The van der Waals surface area contributed by atoms with Gasteiger partial charge in [-0.05, 0) is 24.0 Å². The van der Waals surface area contributed by atoms with Gasteiger partial charge >= 0.3 is 0 Å². The molecule has 0 aromatic carbocycles. The van der Waals surface area contributed by atoms with Crippen LogP contribution in [0.15, 0.2) is 0 Å². The molecule has 1 aliphatic rings. The Morgan fingerprint density at radius 2 is 2.19 bits per heavy atom. The molecule has 0 saturated carbocycles. The summed E-state index contributed by atoms with van der Waals surface area (Å²) in [6.07, 6.45) is 3.82. The van der Waals surface area contributed by atoms with Crippen molar-refractivity contribution in [3.05, 3.63) is 0 Å². The molecule has 2 atom stereocenters. The Hall–Kier alpha value is -0.220. The van der Waals surface area contributed by atoms with Crippen molar-refractivity contribution in [1.82, 2.24) is 5.32 Å². The van der Waals surface area contributed by atoms with Crippen molar-refractivity contribution < 1.29 is 4.79 Å². The van der Waals surface area contributed by atoms with Crippen molar-refractivity contribution in [3.8, 4) is 0 Å². The fraction of sp³-hybridized carbons (Fsp3) is 0.917. The van der Waals surface area contributed by atoms with Crippen molar-refractivity contribution in [1.29, 1.82) is 0 Å². The van der Waals surface area contributed by atoms with E-state index in [2.05, 4.69) is 5.32 Å². The molecular weight excluding hydrogens is 220 g/mol. The van der Waals surface area contributed by atoms with Gasteiger partial charge in [-0.25, -0.2) is 0 Å². The summed E-state index contributed by atoms with van der Waals surface area (Å²) in [6, 6.07) is -0.416. The summed E-state index contributed by atoms with van der Waals surface area (Å²) in [5.74, 6) is 1.21. The predicted octanol–water partition coefficient (Wildman–Crippen LogP) is 1.76. The normalized spacial score (nSPS) is 23.9. The molecule has 1 amide bonds. The van der Waals surface area contributed by atoms with Crippen LogP contribution in [0.3, 0.4) is 0 Å². The third-order valence-corrected chi connectivity index (χ3v) is 4.39. The maximum atomic E-state index is 11.8. The minimum Gasteiger partial charge on any atom is -0.354 e. The van der Waals surface area contributed by atoms with Gasteiger partial charge in [-0.3, -0.25) is 4.79 Å². The van der Waals surface area contributed by atoms with Crippen LogP contribution < -0.4 is 11.1 Å². The predicted molar refractivity (Wildman–Crippen MR) is 70.5 cm³/mol. The smallest absolute Gasteiger partial charge is 0.237 e. The molecule has 1 heterocycles. The summed E-state index contributed by atoms with van der Waals surface area (Å²) in [5.41, 5.74) is 5.73. The Balaban J connectivity index is 2.29. The van der Waals surface area contributed by atoms with Crippen LogP contribution in [0.2, 0.25) is 0 Å². The molecule has 3 N–H and O–H groups in total. The Kier molecular flexibility index (Phi) is 5.12. The van der Waals surface area contributed by atoms with Crippen molar-refractivity contribution in [2.75, 3.05) is 12.3 Å². The van der Waals surface area contributed by atoms with Crippen LogP contribution in [0.5, 0.6) is 0 Å². The lowest BCUT2D eigenvalue weighted by atomic mass is 9.87. The quantitative estimate of drug-likeness (QED) is 0.795. The third kappa shape index (κ3) is 4.34. The first-order chi connectivity index (χ1) is 7.41. The van der Waals surface area contributed by atoms with Gasteiger partial charge in [0.05, 0.1) is 6.04 Å². The summed E-state index contributed by atoms with van der Waals surface area (Å²) >= 11 is 1.97. The summed E-state index contributed by atoms with van der Waals surface area (Å²) in [6.45, 7) is 6.75. The molecular formula is C12H24N2OS. The minimum absolute atomic E-state index is 0.0151. The molecule has 0 aromatic heterocycles. The topological polar surface area (TPSA) is 55.1 Å². The molecule has 1 saturated heterocycles. The lowest BCUT2D eigenvalue weighted by Crippen LogP contribution is -2.49. The van der Waals surface area contributed by atoms with Gasteiger partial charge in [0.2, 0.25) is 5.91 Å². The van der Waals surface area contributed by atoms with E-state index in [-0.39, 0.29) is 11.3 Å². The van der Waals surface area contributed by atoms with Crippen molar-refractivity contribution in [2.45, 2.75) is 51.3 Å². The van der Waals surface area contributed by atoms with Gasteiger partial charge in [-0.2, -0.15) is 11.8 Å². The van der Waals surface area contributed by atoms with Gasteiger partial charge in [-0.1, -0.05) is 27.2 Å².